The Labute approximate surface area is 247 Å². The Hall–Kier alpha value is -2.23. The van der Waals surface area contributed by atoms with Crippen molar-refractivity contribution in [3.05, 3.63) is 47.5 Å². The predicted molar refractivity (Wildman–Crippen MR) is 161 cm³/mol. The van der Waals surface area contributed by atoms with Crippen molar-refractivity contribution in [2.75, 3.05) is 0 Å². The van der Waals surface area contributed by atoms with Crippen molar-refractivity contribution < 1.29 is 19.1 Å². The number of ketones is 2. The number of fused-ring (bicyclic) bond motifs is 7. The number of hydrogen-bond acceptors (Lipinski definition) is 4. The van der Waals surface area contributed by atoms with Gasteiger partial charge in [-0.15, -0.1) is 0 Å². The highest BCUT2D eigenvalue weighted by atomic mass is 16.5. The van der Waals surface area contributed by atoms with Crippen LogP contribution in [0.25, 0.3) is 0 Å². The van der Waals surface area contributed by atoms with Crippen LogP contribution in [-0.4, -0.2) is 17.5 Å². The molecule has 4 saturated carbocycles. The molecule has 0 saturated heterocycles. The molecule has 7 atom stereocenters. The van der Waals surface area contributed by atoms with E-state index in [0.29, 0.717) is 18.9 Å². The van der Waals surface area contributed by atoms with Crippen LogP contribution in [0.4, 0.5) is 0 Å². The molecule has 0 unspecified atom stereocenters. The number of esters is 1. The molecule has 4 fully saturated rings. The number of ether oxygens (including phenoxy) is 1. The molecule has 4 nitrogen and oxygen atoms in total. The van der Waals surface area contributed by atoms with Gasteiger partial charge in [-0.2, -0.15) is 0 Å². The third-order valence-electron chi connectivity index (χ3n) is 13.8. The van der Waals surface area contributed by atoms with Crippen LogP contribution in [0.1, 0.15) is 112 Å². The molecule has 0 aliphatic heterocycles. The lowest BCUT2D eigenvalue weighted by molar-refractivity contribution is -0.192. The molecule has 0 spiro atoms. The maximum Gasteiger partial charge on any atom is 0.313 e. The van der Waals surface area contributed by atoms with E-state index in [9.17, 15) is 14.4 Å². The van der Waals surface area contributed by atoms with Crippen LogP contribution in [0, 0.1) is 50.2 Å². The van der Waals surface area contributed by atoms with Crippen molar-refractivity contribution in [3.8, 4) is 0 Å². The first-order valence-corrected chi connectivity index (χ1v) is 16.1. The number of carbonyl (C=O) groups excluding carboxylic acids is 3. The van der Waals surface area contributed by atoms with E-state index in [2.05, 4.69) is 40.7 Å². The predicted octanol–water partition coefficient (Wildman–Crippen LogP) is 8.28. The minimum Gasteiger partial charge on any atom is -0.460 e. The SMILES string of the molecule is CC1(C)CC[C@]2(C(=O)OCc3ccccc3)CC[C@]3(C)C(=CC[C@@H]4[C@@]5(C)CC(=O)C(=O)C(C)(C)[C@@H]5CC[C@]43C)[C@@H]2C1. The van der Waals surface area contributed by atoms with Crippen molar-refractivity contribution in [1.29, 1.82) is 0 Å². The zero-order valence-electron chi connectivity index (χ0n) is 26.4. The molecular formula is C37H50O4. The zero-order valence-corrected chi connectivity index (χ0v) is 26.4. The smallest absolute Gasteiger partial charge is 0.313 e. The van der Waals surface area contributed by atoms with Crippen LogP contribution in [0.2, 0.25) is 0 Å². The fourth-order valence-corrected chi connectivity index (χ4v) is 11.2. The Kier molecular flexibility index (Phi) is 6.43. The molecule has 0 aromatic heterocycles. The minimum absolute atomic E-state index is 0.00844. The second kappa shape index (κ2) is 9.13. The van der Waals surface area contributed by atoms with E-state index in [4.69, 9.17) is 4.74 Å². The van der Waals surface area contributed by atoms with Gasteiger partial charge in [0.1, 0.15) is 6.61 Å². The summed E-state index contributed by atoms with van der Waals surface area (Å²) >= 11 is 0. The van der Waals surface area contributed by atoms with Crippen LogP contribution in [-0.2, 0) is 25.7 Å². The fraction of sp³-hybridized carbons (Fsp3) is 0.703. The third-order valence-corrected chi connectivity index (χ3v) is 13.8. The van der Waals surface area contributed by atoms with Crippen LogP contribution in [0.5, 0.6) is 0 Å². The maximum absolute atomic E-state index is 14.1. The average Bonchev–Trinajstić information content (AvgIpc) is 2.91. The topological polar surface area (TPSA) is 60.4 Å². The summed E-state index contributed by atoms with van der Waals surface area (Å²) in [4.78, 5) is 40.3. The first-order chi connectivity index (χ1) is 19.1. The Morgan fingerprint density at radius 1 is 0.878 bits per heavy atom. The number of allylic oxidation sites excluding steroid dienone is 2. The number of carbonyl (C=O) groups is 3. The van der Waals surface area contributed by atoms with Gasteiger partial charge in [0.15, 0.2) is 5.78 Å². The largest absolute Gasteiger partial charge is 0.460 e. The molecule has 222 valence electrons. The van der Waals surface area contributed by atoms with Gasteiger partial charge in [-0.1, -0.05) is 90.4 Å². The Bertz CT molecular complexity index is 1310. The molecule has 0 radical (unpaired) electrons. The highest BCUT2D eigenvalue weighted by molar-refractivity contribution is 6.39. The van der Waals surface area contributed by atoms with Gasteiger partial charge in [-0.05, 0) is 96.3 Å². The summed E-state index contributed by atoms with van der Waals surface area (Å²) in [7, 11) is 0. The van der Waals surface area contributed by atoms with E-state index in [1.54, 1.807) is 0 Å². The van der Waals surface area contributed by atoms with Crippen LogP contribution in [0.3, 0.4) is 0 Å². The first-order valence-electron chi connectivity index (χ1n) is 16.1. The van der Waals surface area contributed by atoms with Gasteiger partial charge in [0.25, 0.3) is 0 Å². The molecule has 1 aromatic carbocycles. The Morgan fingerprint density at radius 2 is 1.56 bits per heavy atom. The second-order valence-electron chi connectivity index (χ2n) is 16.6. The minimum atomic E-state index is -0.603. The Balaban J connectivity index is 1.38. The summed E-state index contributed by atoms with van der Waals surface area (Å²) in [6.07, 6.45) is 10.6. The quantitative estimate of drug-likeness (QED) is 0.213. The number of Topliss-reactive ketones (excluding diaryl/α,β-unsaturated/α-hetero) is 2. The molecule has 0 amide bonds. The lowest BCUT2D eigenvalue weighted by Gasteiger charge is -2.70. The van der Waals surface area contributed by atoms with Gasteiger partial charge >= 0.3 is 5.97 Å². The van der Waals surface area contributed by atoms with E-state index < -0.39 is 10.8 Å². The van der Waals surface area contributed by atoms with Gasteiger partial charge < -0.3 is 4.74 Å². The fourth-order valence-electron chi connectivity index (χ4n) is 11.2. The average molecular weight is 559 g/mol. The standard InChI is InChI=1S/C37H50O4/c1-32(2)17-19-37(31(40)41-23-24-11-9-8-10-12-24)20-18-35(6)25(26(37)21-32)13-14-29-34(5)22-27(38)30(39)33(3,4)28(34)15-16-36(29,35)7/h8-13,26,28-29H,14-23H2,1-7H3/t26-,28-,29+,34-,35+,36+,37-/m0/s1. The van der Waals surface area contributed by atoms with Crippen molar-refractivity contribution in [1.82, 2.24) is 0 Å². The van der Waals surface area contributed by atoms with Crippen molar-refractivity contribution in [2.24, 2.45) is 50.2 Å². The number of benzene rings is 1. The summed E-state index contributed by atoms with van der Waals surface area (Å²) in [6.45, 7) is 16.4. The number of rotatable bonds is 3. The van der Waals surface area contributed by atoms with Crippen LogP contribution >= 0.6 is 0 Å². The van der Waals surface area contributed by atoms with Gasteiger partial charge in [-0.25, -0.2) is 0 Å². The lowest BCUT2D eigenvalue weighted by Crippen LogP contribution is -2.65. The van der Waals surface area contributed by atoms with Gasteiger partial charge in [0, 0.05) is 11.8 Å². The van der Waals surface area contributed by atoms with E-state index in [1.165, 1.54) is 5.57 Å². The molecule has 5 aliphatic rings. The van der Waals surface area contributed by atoms with E-state index in [1.807, 2.05) is 44.2 Å². The zero-order chi connectivity index (χ0) is 29.6. The lowest BCUT2D eigenvalue weighted by atomic mass is 9.33. The van der Waals surface area contributed by atoms with Crippen molar-refractivity contribution in [2.45, 2.75) is 113 Å². The summed E-state index contributed by atoms with van der Waals surface area (Å²) < 4.78 is 6.14. The molecule has 41 heavy (non-hydrogen) atoms. The summed E-state index contributed by atoms with van der Waals surface area (Å²) in [5.74, 6) is 0.404. The van der Waals surface area contributed by atoms with E-state index >= 15 is 0 Å². The molecule has 0 heterocycles. The van der Waals surface area contributed by atoms with Crippen LogP contribution < -0.4 is 0 Å². The van der Waals surface area contributed by atoms with Crippen molar-refractivity contribution >= 4 is 17.5 Å². The monoisotopic (exact) mass is 558 g/mol. The van der Waals surface area contributed by atoms with Gasteiger partial charge in [0.05, 0.1) is 5.41 Å². The highest BCUT2D eigenvalue weighted by Crippen LogP contribution is 2.75. The second-order valence-corrected chi connectivity index (χ2v) is 16.6. The molecular weight excluding hydrogens is 508 g/mol. The summed E-state index contributed by atoms with van der Waals surface area (Å²) in [6, 6.07) is 10.0. The Morgan fingerprint density at radius 3 is 2.27 bits per heavy atom. The van der Waals surface area contributed by atoms with Gasteiger partial charge in [-0.3, -0.25) is 14.4 Å². The van der Waals surface area contributed by atoms with E-state index in [0.717, 1.165) is 56.9 Å². The first kappa shape index (κ1) is 28.9. The highest BCUT2D eigenvalue weighted by Gasteiger charge is 2.70. The van der Waals surface area contributed by atoms with Crippen LogP contribution in [0.15, 0.2) is 42.0 Å². The van der Waals surface area contributed by atoms with E-state index in [-0.39, 0.29) is 51.0 Å². The molecule has 0 bridgehead atoms. The molecule has 6 rings (SSSR count). The van der Waals surface area contributed by atoms with Crippen molar-refractivity contribution in [3.63, 3.8) is 0 Å². The van der Waals surface area contributed by atoms with Gasteiger partial charge in [0.2, 0.25) is 5.78 Å². The molecule has 5 aliphatic carbocycles. The molecule has 0 N–H and O–H groups in total. The maximum atomic E-state index is 14.1. The third kappa shape index (κ3) is 3.94. The summed E-state index contributed by atoms with van der Waals surface area (Å²) in [5.41, 5.74) is 1.41. The molecule has 4 heteroatoms. The molecule has 1 aromatic rings. The number of hydrogen-bond donors (Lipinski definition) is 0. The normalized spacial score (nSPS) is 42.6. The summed E-state index contributed by atoms with van der Waals surface area (Å²) in [5, 5.41) is 0.